The van der Waals surface area contributed by atoms with E-state index in [1.807, 2.05) is 20.8 Å². The van der Waals surface area contributed by atoms with E-state index in [1.165, 1.54) is 24.3 Å². The van der Waals surface area contributed by atoms with Crippen LogP contribution in [0.2, 0.25) is 0 Å². The van der Waals surface area contributed by atoms with Gasteiger partial charge in [-0.05, 0) is 66.0 Å². The summed E-state index contributed by atoms with van der Waals surface area (Å²) in [6, 6.07) is 10.1. The van der Waals surface area contributed by atoms with Crippen molar-refractivity contribution < 1.29 is 51.5 Å². The summed E-state index contributed by atoms with van der Waals surface area (Å²) in [5, 5.41) is 0. The molecule has 0 saturated heterocycles. The van der Waals surface area contributed by atoms with Crippen LogP contribution in [0.25, 0.3) is 0 Å². The zero-order chi connectivity index (χ0) is 28.1. The summed E-state index contributed by atoms with van der Waals surface area (Å²) >= 11 is 0. The summed E-state index contributed by atoms with van der Waals surface area (Å²) in [6.07, 6.45) is 1.94. The standard InChI is InChI=1S/C23H24F6O6S2/c1-15-12-20(2,3)14-21(13-15,16-4-8-18(9-5-16)34-36(30,31)22(24,25)26)17-6-10-19(11-7-17)35-37(32,33)23(27,28)29/h4-11,15H,12-14H2,1-3H3. The van der Waals surface area contributed by atoms with Crippen molar-refractivity contribution >= 4 is 20.2 Å². The zero-order valence-electron chi connectivity index (χ0n) is 19.9. The Morgan fingerprint density at radius 2 is 1.05 bits per heavy atom. The van der Waals surface area contributed by atoms with Gasteiger partial charge in [0.15, 0.2) is 0 Å². The summed E-state index contributed by atoms with van der Waals surface area (Å²) < 4.78 is 130. The minimum atomic E-state index is -5.86. The molecule has 0 aliphatic heterocycles. The fourth-order valence-electron chi connectivity index (χ4n) is 5.19. The summed E-state index contributed by atoms with van der Waals surface area (Å²) in [6.45, 7) is 6.06. The van der Waals surface area contributed by atoms with Crippen molar-refractivity contribution in [3.8, 4) is 11.5 Å². The van der Waals surface area contributed by atoms with E-state index in [-0.39, 0.29) is 11.3 Å². The Kier molecular flexibility index (Phi) is 7.36. The van der Waals surface area contributed by atoms with Gasteiger partial charge in [0.25, 0.3) is 0 Å². The maximum atomic E-state index is 12.7. The van der Waals surface area contributed by atoms with Gasteiger partial charge in [-0.3, -0.25) is 0 Å². The third-order valence-electron chi connectivity index (χ3n) is 6.17. The second-order valence-corrected chi connectivity index (χ2v) is 13.0. The number of alkyl halides is 6. The Morgan fingerprint density at radius 3 is 1.35 bits per heavy atom. The van der Waals surface area contributed by atoms with Gasteiger partial charge < -0.3 is 8.37 Å². The first kappa shape index (κ1) is 29.1. The first-order chi connectivity index (χ1) is 16.7. The number of hydrogen-bond donors (Lipinski definition) is 0. The Balaban J connectivity index is 2.03. The SMILES string of the molecule is CC1CC(C)(C)CC(c2ccc(OS(=O)(=O)C(F)(F)F)cc2)(c2ccc(OS(=O)(=O)C(F)(F)F)cc2)C1. The van der Waals surface area contributed by atoms with Crippen LogP contribution in [0.15, 0.2) is 48.5 Å². The topological polar surface area (TPSA) is 86.7 Å². The summed E-state index contributed by atoms with van der Waals surface area (Å²) in [5.41, 5.74) is -11.0. The van der Waals surface area contributed by atoms with Gasteiger partial charge in [0.05, 0.1) is 0 Å². The largest absolute Gasteiger partial charge is 0.534 e. The van der Waals surface area contributed by atoms with Gasteiger partial charge in [0, 0.05) is 5.41 Å². The molecule has 2 aromatic rings. The predicted octanol–water partition coefficient (Wildman–Crippen LogP) is 6.28. The van der Waals surface area contributed by atoms with Crippen molar-refractivity contribution in [2.45, 2.75) is 56.5 Å². The van der Waals surface area contributed by atoms with Crippen molar-refractivity contribution in [3.63, 3.8) is 0 Å². The second kappa shape index (κ2) is 9.37. The molecule has 3 rings (SSSR count). The lowest BCUT2D eigenvalue weighted by molar-refractivity contribution is -0.0504. The van der Waals surface area contributed by atoms with Crippen molar-refractivity contribution in [2.24, 2.45) is 11.3 Å². The molecule has 2 aromatic carbocycles. The second-order valence-electron chi connectivity index (χ2n) is 9.95. The highest BCUT2D eigenvalue weighted by molar-refractivity contribution is 7.88. The molecule has 6 nitrogen and oxygen atoms in total. The van der Waals surface area contributed by atoms with Crippen LogP contribution in [-0.4, -0.2) is 27.9 Å². The van der Waals surface area contributed by atoms with E-state index < -0.39 is 48.2 Å². The summed E-state index contributed by atoms with van der Waals surface area (Å²) in [7, 11) is -11.7. The molecule has 0 bridgehead atoms. The molecule has 37 heavy (non-hydrogen) atoms. The van der Waals surface area contributed by atoms with Crippen LogP contribution in [0.3, 0.4) is 0 Å². The first-order valence-electron chi connectivity index (χ1n) is 10.9. The van der Waals surface area contributed by atoms with Crippen LogP contribution in [0.5, 0.6) is 11.5 Å². The third-order valence-corrected chi connectivity index (χ3v) is 8.13. The molecule has 0 radical (unpaired) electrons. The van der Waals surface area contributed by atoms with Gasteiger partial charge in [-0.15, -0.1) is 0 Å². The van der Waals surface area contributed by atoms with E-state index in [2.05, 4.69) is 8.37 Å². The molecular formula is C23H24F6O6S2. The Labute approximate surface area is 210 Å². The van der Waals surface area contributed by atoms with E-state index in [9.17, 15) is 43.2 Å². The third kappa shape index (κ3) is 6.16. The van der Waals surface area contributed by atoms with E-state index >= 15 is 0 Å². The lowest BCUT2D eigenvalue weighted by Crippen LogP contribution is -2.41. The molecule has 1 unspecified atom stereocenters. The van der Waals surface area contributed by atoms with E-state index in [0.29, 0.717) is 24.0 Å². The molecule has 1 saturated carbocycles. The van der Waals surface area contributed by atoms with E-state index in [0.717, 1.165) is 30.7 Å². The van der Waals surface area contributed by atoms with E-state index in [4.69, 9.17) is 0 Å². The molecule has 0 N–H and O–H groups in total. The highest BCUT2D eigenvalue weighted by Gasteiger charge is 2.50. The van der Waals surface area contributed by atoms with Crippen molar-refractivity contribution in [1.82, 2.24) is 0 Å². The smallest absolute Gasteiger partial charge is 0.376 e. The zero-order valence-corrected chi connectivity index (χ0v) is 21.5. The van der Waals surface area contributed by atoms with Gasteiger partial charge in [-0.2, -0.15) is 43.2 Å². The Hall–Kier alpha value is -2.48. The Morgan fingerprint density at radius 1 is 0.703 bits per heavy atom. The minimum Gasteiger partial charge on any atom is -0.376 e. The van der Waals surface area contributed by atoms with Gasteiger partial charge in [-0.1, -0.05) is 45.0 Å². The summed E-state index contributed by atoms with van der Waals surface area (Å²) in [5.74, 6) is -0.923. The van der Waals surface area contributed by atoms with Crippen molar-refractivity contribution in [3.05, 3.63) is 59.7 Å². The number of hydrogen-bond acceptors (Lipinski definition) is 6. The van der Waals surface area contributed by atoms with Crippen LogP contribution in [-0.2, 0) is 25.7 Å². The molecule has 0 amide bonds. The van der Waals surface area contributed by atoms with Crippen LogP contribution < -0.4 is 8.37 Å². The van der Waals surface area contributed by atoms with E-state index in [1.54, 1.807) is 0 Å². The van der Waals surface area contributed by atoms with Gasteiger partial charge in [-0.25, -0.2) is 0 Å². The van der Waals surface area contributed by atoms with Crippen LogP contribution in [0.1, 0.15) is 51.2 Å². The fraction of sp³-hybridized carbons (Fsp3) is 0.478. The molecule has 0 aromatic heterocycles. The van der Waals surface area contributed by atoms with Crippen LogP contribution in [0, 0.1) is 11.3 Å². The van der Waals surface area contributed by atoms with Crippen molar-refractivity contribution in [2.75, 3.05) is 0 Å². The van der Waals surface area contributed by atoms with Crippen molar-refractivity contribution in [1.29, 1.82) is 0 Å². The monoisotopic (exact) mass is 574 g/mol. The lowest BCUT2D eigenvalue weighted by Gasteiger charge is -2.48. The predicted molar refractivity (Wildman–Crippen MR) is 122 cm³/mol. The molecule has 1 aliphatic rings. The quantitative estimate of drug-likeness (QED) is 0.230. The number of halogens is 6. The average molecular weight is 575 g/mol. The molecule has 14 heteroatoms. The van der Waals surface area contributed by atoms with Gasteiger partial charge in [0.2, 0.25) is 0 Å². The van der Waals surface area contributed by atoms with Gasteiger partial charge >= 0.3 is 31.3 Å². The normalized spacial score (nSPS) is 20.3. The molecule has 0 heterocycles. The van der Waals surface area contributed by atoms with Crippen LogP contribution >= 0.6 is 0 Å². The first-order valence-corrected chi connectivity index (χ1v) is 13.7. The summed E-state index contributed by atoms with van der Waals surface area (Å²) in [4.78, 5) is 0. The lowest BCUT2D eigenvalue weighted by atomic mass is 9.55. The molecular weight excluding hydrogens is 550 g/mol. The number of benzene rings is 2. The fourth-order valence-corrected chi connectivity index (χ4v) is 6.10. The highest BCUT2D eigenvalue weighted by Crippen LogP contribution is 2.53. The molecule has 1 aliphatic carbocycles. The molecule has 1 fully saturated rings. The molecule has 0 spiro atoms. The average Bonchev–Trinajstić information content (AvgIpc) is 2.71. The molecule has 1 atom stereocenters. The maximum absolute atomic E-state index is 12.7. The van der Waals surface area contributed by atoms with Gasteiger partial charge in [0.1, 0.15) is 11.5 Å². The highest BCUT2D eigenvalue weighted by atomic mass is 32.2. The van der Waals surface area contributed by atoms with Crippen LogP contribution in [0.4, 0.5) is 26.3 Å². The Bertz CT molecular complexity index is 1240. The number of rotatable bonds is 6. The molecule has 206 valence electrons. The maximum Gasteiger partial charge on any atom is 0.534 e. The minimum absolute atomic E-state index is 0.159.